The summed E-state index contributed by atoms with van der Waals surface area (Å²) >= 11 is 0. The van der Waals surface area contributed by atoms with Crippen LogP contribution in [0.4, 0.5) is 18.9 Å². The second-order valence-corrected chi connectivity index (χ2v) is 7.21. The van der Waals surface area contributed by atoms with Gasteiger partial charge in [-0.1, -0.05) is 12.1 Å². The predicted octanol–water partition coefficient (Wildman–Crippen LogP) is 3.31. The lowest BCUT2D eigenvalue weighted by Gasteiger charge is -2.20. The first kappa shape index (κ1) is 23.2. The summed E-state index contributed by atoms with van der Waals surface area (Å²) in [5.41, 5.74) is 1.22. The van der Waals surface area contributed by atoms with Crippen LogP contribution in [0.2, 0.25) is 0 Å². The first-order valence-electron chi connectivity index (χ1n) is 9.78. The molecular weight excluding hydrogens is 429 g/mol. The molecule has 1 aliphatic heterocycles. The Kier molecular flexibility index (Phi) is 7.12. The van der Waals surface area contributed by atoms with Crippen LogP contribution in [0.3, 0.4) is 0 Å². The minimum atomic E-state index is -4.41. The number of alkyl halides is 3. The maximum absolute atomic E-state index is 12.6. The van der Waals surface area contributed by atoms with Gasteiger partial charge < -0.3 is 24.4 Å². The fourth-order valence-electron chi connectivity index (χ4n) is 3.33. The molecule has 32 heavy (non-hydrogen) atoms. The molecule has 0 saturated carbocycles. The molecule has 1 heterocycles. The third-order valence-electron chi connectivity index (χ3n) is 4.97. The summed E-state index contributed by atoms with van der Waals surface area (Å²) < 4.78 is 51.8. The number of halogens is 3. The normalized spacial score (nSPS) is 16.1. The number of ether oxygens (including phenoxy) is 3. The van der Waals surface area contributed by atoms with Crippen molar-refractivity contribution in [3.63, 3.8) is 0 Å². The third-order valence-corrected chi connectivity index (χ3v) is 4.97. The highest BCUT2D eigenvalue weighted by Crippen LogP contribution is 2.36. The quantitative estimate of drug-likeness (QED) is 0.665. The number of hydrogen-bond donors (Lipinski definition) is 1. The molecular formula is C22H23F3N2O5. The highest BCUT2D eigenvalue weighted by atomic mass is 19.4. The van der Waals surface area contributed by atoms with E-state index in [-0.39, 0.29) is 37.1 Å². The van der Waals surface area contributed by atoms with Gasteiger partial charge in [-0.3, -0.25) is 9.59 Å². The lowest BCUT2D eigenvalue weighted by Crippen LogP contribution is -2.32. The molecule has 0 aromatic heterocycles. The van der Waals surface area contributed by atoms with Crippen LogP contribution >= 0.6 is 0 Å². The molecule has 172 valence electrons. The Morgan fingerprint density at radius 1 is 1.09 bits per heavy atom. The summed E-state index contributed by atoms with van der Waals surface area (Å²) in [4.78, 5) is 26.7. The molecule has 10 heteroatoms. The zero-order chi connectivity index (χ0) is 23.3. The van der Waals surface area contributed by atoms with Crippen molar-refractivity contribution in [1.82, 2.24) is 5.32 Å². The summed E-state index contributed by atoms with van der Waals surface area (Å²) in [6.45, 7) is -1.00. The monoisotopic (exact) mass is 452 g/mol. The molecule has 7 nitrogen and oxygen atoms in total. The molecule has 0 bridgehead atoms. The van der Waals surface area contributed by atoms with Gasteiger partial charge in [0.25, 0.3) is 0 Å². The number of amides is 2. The Bertz CT molecular complexity index is 963. The molecule has 3 rings (SSSR count). The van der Waals surface area contributed by atoms with Crippen molar-refractivity contribution in [3.8, 4) is 17.2 Å². The summed E-state index contributed by atoms with van der Waals surface area (Å²) in [6, 6.07) is 11.0. The van der Waals surface area contributed by atoms with Gasteiger partial charge in [-0.05, 0) is 29.8 Å². The Morgan fingerprint density at radius 2 is 1.78 bits per heavy atom. The number of anilines is 1. The zero-order valence-corrected chi connectivity index (χ0v) is 17.6. The average Bonchev–Trinajstić information content (AvgIpc) is 3.17. The lowest BCUT2D eigenvalue weighted by molar-refractivity contribution is -0.153. The maximum atomic E-state index is 12.6. The van der Waals surface area contributed by atoms with Crippen LogP contribution in [-0.4, -0.2) is 45.4 Å². The number of carbonyl (C=O) groups excluding carboxylic acids is 2. The van der Waals surface area contributed by atoms with Crippen LogP contribution in [0.25, 0.3) is 0 Å². The van der Waals surface area contributed by atoms with E-state index in [4.69, 9.17) is 9.47 Å². The summed E-state index contributed by atoms with van der Waals surface area (Å²) in [7, 11) is 3.01. The van der Waals surface area contributed by atoms with Crippen molar-refractivity contribution in [2.45, 2.75) is 19.1 Å². The van der Waals surface area contributed by atoms with Crippen LogP contribution in [0, 0.1) is 5.92 Å². The largest absolute Gasteiger partial charge is 0.497 e. The lowest BCUT2D eigenvalue weighted by atomic mass is 10.1. The number of carbonyl (C=O) groups is 2. The maximum Gasteiger partial charge on any atom is 0.422 e. The van der Waals surface area contributed by atoms with Crippen LogP contribution in [-0.2, 0) is 16.1 Å². The second-order valence-electron chi connectivity index (χ2n) is 7.21. The van der Waals surface area contributed by atoms with E-state index in [1.807, 2.05) is 0 Å². The van der Waals surface area contributed by atoms with Crippen molar-refractivity contribution in [2.24, 2.45) is 5.92 Å². The van der Waals surface area contributed by atoms with Gasteiger partial charge in [0.15, 0.2) is 6.61 Å². The highest BCUT2D eigenvalue weighted by Gasteiger charge is 2.36. The van der Waals surface area contributed by atoms with E-state index >= 15 is 0 Å². The Morgan fingerprint density at radius 3 is 2.41 bits per heavy atom. The molecule has 2 amide bonds. The Labute approximate surface area is 183 Å². The second kappa shape index (κ2) is 9.80. The third kappa shape index (κ3) is 5.83. The van der Waals surface area contributed by atoms with Gasteiger partial charge in [0.05, 0.1) is 25.8 Å². The fourth-order valence-corrected chi connectivity index (χ4v) is 3.33. The molecule has 2 aromatic rings. The summed E-state index contributed by atoms with van der Waals surface area (Å²) in [6.07, 6.45) is -4.36. The predicted molar refractivity (Wildman–Crippen MR) is 110 cm³/mol. The average molecular weight is 452 g/mol. The molecule has 0 aliphatic carbocycles. The molecule has 0 radical (unpaired) electrons. The summed E-state index contributed by atoms with van der Waals surface area (Å²) in [5.74, 6) is 0.0923. The molecule has 0 spiro atoms. The van der Waals surface area contributed by atoms with Crippen molar-refractivity contribution in [3.05, 3.63) is 48.0 Å². The van der Waals surface area contributed by atoms with Crippen LogP contribution in [0.5, 0.6) is 17.2 Å². The number of benzene rings is 2. The minimum absolute atomic E-state index is 0.0520. The minimum Gasteiger partial charge on any atom is -0.497 e. The van der Waals surface area contributed by atoms with E-state index in [0.29, 0.717) is 22.7 Å². The van der Waals surface area contributed by atoms with E-state index in [1.54, 1.807) is 30.3 Å². The molecule has 1 saturated heterocycles. The van der Waals surface area contributed by atoms with E-state index in [0.717, 1.165) is 0 Å². The van der Waals surface area contributed by atoms with Gasteiger partial charge >= 0.3 is 6.18 Å². The van der Waals surface area contributed by atoms with Crippen molar-refractivity contribution < 1.29 is 37.0 Å². The molecule has 1 aliphatic rings. The molecule has 1 unspecified atom stereocenters. The van der Waals surface area contributed by atoms with Gasteiger partial charge in [-0.25, -0.2) is 0 Å². The number of methoxy groups -OCH3 is 2. The number of nitrogens with zero attached hydrogens (tertiary/aromatic N) is 1. The van der Waals surface area contributed by atoms with E-state index < -0.39 is 18.7 Å². The van der Waals surface area contributed by atoms with Gasteiger partial charge in [0.2, 0.25) is 11.8 Å². The van der Waals surface area contributed by atoms with Gasteiger partial charge in [0, 0.05) is 25.6 Å². The van der Waals surface area contributed by atoms with Crippen molar-refractivity contribution in [1.29, 1.82) is 0 Å². The molecule has 1 N–H and O–H groups in total. The Hall–Kier alpha value is -3.43. The number of hydrogen-bond acceptors (Lipinski definition) is 5. The Balaban J connectivity index is 1.57. The highest BCUT2D eigenvalue weighted by molar-refractivity contribution is 6.01. The van der Waals surface area contributed by atoms with E-state index in [1.165, 1.54) is 31.3 Å². The van der Waals surface area contributed by atoms with E-state index in [2.05, 4.69) is 10.1 Å². The van der Waals surface area contributed by atoms with Gasteiger partial charge in [-0.15, -0.1) is 0 Å². The topological polar surface area (TPSA) is 77.1 Å². The molecule has 1 atom stereocenters. The number of nitrogens with one attached hydrogen (secondary N) is 1. The van der Waals surface area contributed by atoms with Crippen LogP contribution in [0.15, 0.2) is 42.5 Å². The first-order valence-corrected chi connectivity index (χ1v) is 9.78. The van der Waals surface area contributed by atoms with E-state index in [9.17, 15) is 22.8 Å². The first-order chi connectivity index (χ1) is 15.2. The van der Waals surface area contributed by atoms with Crippen LogP contribution in [0.1, 0.15) is 12.0 Å². The van der Waals surface area contributed by atoms with Crippen molar-refractivity contribution >= 4 is 17.5 Å². The molecule has 1 fully saturated rings. The van der Waals surface area contributed by atoms with Gasteiger partial charge in [-0.2, -0.15) is 13.2 Å². The van der Waals surface area contributed by atoms with Gasteiger partial charge in [0.1, 0.15) is 17.2 Å². The fraction of sp³-hybridized carbons (Fsp3) is 0.364. The summed E-state index contributed by atoms with van der Waals surface area (Å²) in [5, 5.41) is 2.77. The molecule has 2 aromatic carbocycles. The zero-order valence-electron chi connectivity index (χ0n) is 17.6. The SMILES string of the molecule is COc1ccc(OC)c(N2CC(C(=O)NCc3ccc(OCC(F)(F)F)cc3)CC2=O)c1. The standard InChI is InChI=1S/C22H23F3N2O5/c1-30-17-7-8-19(31-2)18(10-17)27-12-15(9-20(27)28)21(29)26-11-14-3-5-16(6-4-14)32-13-22(23,24)25/h3-8,10,15H,9,11-13H2,1-2H3,(H,26,29). The van der Waals surface area contributed by atoms with Crippen molar-refractivity contribution in [2.75, 3.05) is 32.3 Å². The van der Waals surface area contributed by atoms with Crippen LogP contribution < -0.4 is 24.4 Å². The smallest absolute Gasteiger partial charge is 0.422 e. The number of rotatable bonds is 8.